The molecular formula is C21H30F6N2. The second kappa shape index (κ2) is 10.0. The Morgan fingerprint density at radius 3 is 1.62 bits per heavy atom. The van der Waals surface area contributed by atoms with Gasteiger partial charge in [-0.3, -0.25) is 0 Å². The highest BCUT2D eigenvalue weighted by molar-refractivity contribution is 5.53. The van der Waals surface area contributed by atoms with Crippen molar-refractivity contribution in [3.8, 4) is 0 Å². The SMILES string of the molecule is CC1CCCCC1.CCN1CCN(c2cc(C(F)(F)F)cc(C(F)(F)F)c2)CC1. The van der Waals surface area contributed by atoms with Gasteiger partial charge in [0.1, 0.15) is 0 Å². The van der Waals surface area contributed by atoms with E-state index < -0.39 is 23.5 Å². The summed E-state index contributed by atoms with van der Waals surface area (Å²) in [6, 6.07) is 1.74. The lowest BCUT2D eigenvalue weighted by Gasteiger charge is -2.36. The van der Waals surface area contributed by atoms with Gasteiger partial charge in [0.25, 0.3) is 0 Å². The lowest BCUT2D eigenvalue weighted by molar-refractivity contribution is -0.143. The zero-order chi connectivity index (χ0) is 21.7. The summed E-state index contributed by atoms with van der Waals surface area (Å²) in [7, 11) is 0. The Kier molecular flexibility index (Phi) is 8.26. The molecule has 1 heterocycles. The molecule has 0 aromatic heterocycles. The monoisotopic (exact) mass is 424 g/mol. The number of alkyl halides is 6. The van der Waals surface area contributed by atoms with E-state index in [-0.39, 0.29) is 11.8 Å². The predicted octanol–water partition coefficient (Wildman–Crippen LogP) is 6.45. The van der Waals surface area contributed by atoms with Crippen molar-refractivity contribution in [1.82, 2.24) is 4.90 Å². The third-order valence-corrected chi connectivity index (χ3v) is 5.65. The molecular weight excluding hydrogens is 394 g/mol. The summed E-state index contributed by atoms with van der Waals surface area (Å²) in [4.78, 5) is 3.66. The van der Waals surface area contributed by atoms with Crippen LogP contribution in [-0.2, 0) is 12.4 Å². The van der Waals surface area contributed by atoms with Crippen LogP contribution in [0, 0.1) is 5.92 Å². The lowest BCUT2D eigenvalue weighted by Crippen LogP contribution is -2.46. The third kappa shape index (κ3) is 7.39. The molecule has 0 bridgehead atoms. The van der Waals surface area contributed by atoms with Crippen molar-refractivity contribution in [1.29, 1.82) is 0 Å². The number of piperazine rings is 1. The van der Waals surface area contributed by atoms with E-state index >= 15 is 0 Å². The maximum Gasteiger partial charge on any atom is 0.416 e. The molecule has 2 nitrogen and oxygen atoms in total. The first-order valence-electron chi connectivity index (χ1n) is 10.3. The Morgan fingerprint density at radius 2 is 1.28 bits per heavy atom. The van der Waals surface area contributed by atoms with Crippen LogP contribution in [-0.4, -0.2) is 37.6 Å². The molecule has 1 aliphatic heterocycles. The number of hydrogen-bond acceptors (Lipinski definition) is 2. The number of anilines is 1. The highest BCUT2D eigenvalue weighted by Crippen LogP contribution is 2.38. The minimum absolute atomic E-state index is 0.0297. The van der Waals surface area contributed by atoms with E-state index in [2.05, 4.69) is 11.8 Å². The molecule has 1 aliphatic carbocycles. The Bertz CT molecular complexity index is 595. The molecule has 2 fully saturated rings. The number of rotatable bonds is 2. The van der Waals surface area contributed by atoms with Gasteiger partial charge in [-0.25, -0.2) is 0 Å². The summed E-state index contributed by atoms with van der Waals surface area (Å²) in [5, 5.41) is 0. The number of benzene rings is 1. The zero-order valence-corrected chi connectivity index (χ0v) is 17.0. The molecule has 1 saturated heterocycles. The van der Waals surface area contributed by atoms with Crippen LogP contribution in [0.4, 0.5) is 32.0 Å². The van der Waals surface area contributed by atoms with Crippen molar-refractivity contribution in [2.75, 3.05) is 37.6 Å². The van der Waals surface area contributed by atoms with Gasteiger partial charge in [-0.2, -0.15) is 26.3 Å². The molecule has 8 heteroatoms. The van der Waals surface area contributed by atoms with Crippen LogP contribution < -0.4 is 4.90 Å². The van der Waals surface area contributed by atoms with Crippen molar-refractivity contribution >= 4 is 5.69 Å². The number of halogens is 6. The third-order valence-electron chi connectivity index (χ3n) is 5.65. The molecule has 3 rings (SSSR count). The number of nitrogens with zero attached hydrogens (tertiary/aromatic N) is 2. The van der Waals surface area contributed by atoms with Gasteiger partial charge >= 0.3 is 12.4 Å². The summed E-state index contributed by atoms with van der Waals surface area (Å²) in [6.07, 6.45) is -2.17. The van der Waals surface area contributed by atoms with Crippen molar-refractivity contribution in [3.05, 3.63) is 29.3 Å². The van der Waals surface area contributed by atoms with Gasteiger partial charge in [-0.05, 0) is 30.7 Å². The minimum Gasteiger partial charge on any atom is -0.369 e. The van der Waals surface area contributed by atoms with E-state index in [0.717, 1.165) is 24.6 Å². The van der Waals surface area contributed by atoms with E-state index in [1.165, 1.54) is 32.1 Å². The molecule has 0 amide bonds. The zero-order valence-electron chi connectivity index (χ0n) is 17.0. The Morgan fingerprint density at radius 1 is 0.793 bits per heavy atom. The molecule has 0 spiro atoms. The molecule has 0 N–H and O–H groups in total. The van der Waals surface area contributed by atoms with Gasteiger partial charge in [-0.15, -0.1) is 0 Å². The first kappa shape index (κ1) is 23.8. The van der Waals surface area contributed by atoms with Crippen molar-refractivity contribution < 1.29 is 26.3 Å². The van der Waals surface area contributed by atoms with Gasteiger partial charge in [0.05, 0.1) is 11.1 Å². The highest BCUT2D eigenvalue weighted by Gasteiger charge is 2.37. The van der Waals surface area contributed by atoms with E-state index in [0.29, 0.717) is 26.2 Å². The fourth-order valence-electron chi connectivity index (χ4n) is 3.75. The number of hydrogen-bond donors (Lipinski definition) is 0. The molecule has 1 aromatic rings. The highest BCUT2D eigenvalue weighted by atomic mass is 19.4. The molecule has 166 valence electrons. The largest absolute Gasteiger partial charge is 0.416 e. The second-order valence-corrected chi connectivity index (χ2v) is 7.93. The van der Waals surface area contributed by atoms with Crippen molar-refractivity contribution in [2.45, 2.75) is 58.3 Å². The lowest BCUT2D eigenvalue weighted by atomic mass is 9.91. The van der Waals surface area contributed by atoms with Crippen LogP contribution >= 0.6 is 0 Å². The van der Waals surface area contributed by atoms with Crippen LogP contribution in [0.1, 0.15) is 57.1 Å². The minimum atomic E-state index is -4.80. The summed E-state index contributed by atoms with van der Waals surface area (Å²) < 4.78 is 77.0. The molecule has 0 atom stereocenters. The van der Waals surface area contributed by atoms with Gasteiger partial charge in [0.2, 0.25) is 0 Å². The van der Waals surface area contributed by atoms with Crippen LogP contribution in [0.25, 0.3) is 0 Å². The second-order valence-electron chi connectivity index (χ2n) is 7.93. The molecule has 2 aliphatic rings. The van der Waals surface area contributed by atoms with Gasteiger partial charge in [0.15, 0.2) is 0 Å². The van der Waals surface area contributed by atoms with Gasteiger partial charge in [-0.1, -0.05) is 46.0 Å². The molecule has 29 heavy (non-hydrogen) atoms. The van der Waals surface area contributed by atoms with Crippen LogP contribution in [0.3, 0.4) is 0 Å². The molecule has 1 saturated carbocycles. The predicted molar refractivity (Wildman–Crippen MR) is 103 cm³/mol. The normalized spacial score (nSPS) is 19.7. The molecule has 0 unspecified atom stereocenters. The van der Waals surface area contributed by atoms with Crippen LogP contribution in [0.5, 0.6) is 0 Å². The summed E-state index contributed by atoms with van der Waals surface area (Å²) in [5.41, 5.74) is -2.57. The fraction of sp³-hybridized carbons (Fsp3) is 0.714. The topological polar surface area (TPSA) is 6.48 Å². The van der Waals surface area contributed by atoms with Gasteiger partial charge in [0, 0.05) is 31.9 Å². The Labute approximate surface area is 168 Å². The molecule has 1 aromatic carbocycles. The van der Waals surface area contributed by atoms with E-state index in [4.69, 9.17) is 0 Å². The quantitative estimate of drug-likeness (QED) is 0.503. The van der Waals surface area contributed by atoms with Crippen LogP contribution in [0.15, 0.2) is 18.2 Å². The van der Waals surface area contributed by atoms with Crippen LogP contribution in [0.2, 0.25) is 0 Å². The maximum atomic E-state index is 12.8. The Balaban J connectivity index is 0.000000360. The summed E-state index contributed by atoms with van der Waals surface area (Å²) >= 11 is 0. The summed E-state index contributed by atoms with van der Waals surface area (Å²) in [6.45, 7) is 7.19. The average molecular weight is 424 g/mol. The standard InChI is InChI=1S/C14H16F6N2.C7H14/c1-2-21-3-5-22(6-4-21)12-8-10(13(15,16)17)7-11(9-12)14(18,19)20;1-7-5-3-2-4-6-7/h7-9H,2-6H2,1H3;7H,2-6H2,1H3. The van der Waals surface area contributed by atoms with Gasteiger partial charge < -0.3 is 9.80 Å². The summed E-state index contributed by atoms with van der Waals surface area (Å²) in [5.74, 6) is 1.04. The average Bonchev–Trinajstić information content (AvgIpc) is 2.67. The fourth-order valence-corrected chi connectivity index (χ4v) is 3.75. The van der Waals surface area contributed by atoms with E-state index in [1.807, 2.05) is 6.92 Å². The van der Waals surface area contributed by atoms with E-state index in [9.17, 15) is 26.3 Å². The maximum absolute atomic E-state index is 12.8. The van der Waals surface area contributed by atoms with E-state index in [1.54, 1.807) is 4.90 Å². The molecule has 0 radical (unpaired) electrons. The first-order chi connectivity index (χ1) is 13.5. The first-order valence-corrected chi connectivity index (χ1v) is 10.3. The number of likely N-dealkylation sites (N-methyl/N-ethyl adjacent to an activating group) is 1. The van der Waals surface area contributed by atoms with Crippen molar-refractivity contribution in [2.24, 2.45) is 5.92 Å². The smallest absolute Gasteiger partial charge is 0.369 e. The van der Waals surface area contributed by atoms with Crippen molar-refractivity contribution in [3.63, 3.8) is 0 Å². The Hall–Kier alpha value is -1.44.